The molecule has 28 heavy (non-hydrogen) atoms. The lowest BCUT2D eigenvalue weighted by Gasteiger charge is -2.33. The monoisotopic (exact) mass is 395 g/mol. The first-order chi connectivity index (χ1) is 13.5. The van der Waals surface area contributed by atoms with Gasteiger partial charge < -0.3 is 4.57 Å². The molecule has 0 unspecified atom stereocenters. The Bertz CT molecular complexity index is 1150. The van der Waals surface area contributed by atoms with Crippen LogP contribution in [0.1, 0.15) is 11.4 Å². The molecular weight excluding hydrogens is 374 g/mol. The normalized spacial score (nSPS) is 16.3. The number of hydrogen-bond acceptors (Lipinski definition) is 5. The summed E-state index contributed by atoms with van der Waals surface area (Å²) in [5.74, 6) is 0.965. The van der Waals surface area contributed by atoms with E-state index in [-0.39, 0.29) is 10.5 Å². The van der Waals surface area contributed by atoms with Crippen LogP contribution in [-0.4, -0.2) is 53.4 Å². The fourth-order valence-electron chi connectivity index (χ4n) is 3.59. The number of hydrogen-bond donors (Lipinski definition) is 0. The smallest absolute Gasteiger partial charge is 0.244 e. The average molecular weight is 395 g/mol. The number of aryl methyl sites for hydroxylation is 1. The maximum Gasteiger partial charge on any atom is 0.244 e. The number of nitriles is 1. The van der Waals surface area contributed by atoms with Crippen LogP contribution in [0.2, 0.25) is 0 Å². The standard InChI is InChI=1S/C20H21N5O2S/c1-23-18-8-4-3-7-17(18)22-20(23)15-24-10-12-25(13-11-24)28(26,27)19-9-5-2-6-16(19)14-21/h2-9H,10-13,15H2,1H3. The summed E-state index contributed by atoms with van der Waals surface area (Å²) in [5, 5.41) is 9.22. The highest BCUT2D eigenvalue weighted by Gasteiger charge is 2.30. The number of aromatic nitrogens is 2. The summed E-state index contributed by atoms with van der Waals surface area (Å²) in [6.07, 6.45) is 0. The van der Waals surface area contributed by atoms with Crippen molar-refractivity contribution in [3.8, 4) is 6.07 Å². The highest BCUT2D eigenvalue weighted by molar-refractivity contribution is 7.89. The molecule has 0 aliphatic carbocycles. The van der Waals surface area contributed by atoms with Gasteiger partial charge >= 0.3 is 0 Å². The predicted molar refractivity (Wildman–Crippen MR) is 106 cm³/mol. The molecule has 1 aliphatic rings. The number of piperazine rings is 1. The first-order valence-corrected chi connectivity index (χ1v) is 10.6. The summed E-state index contributed by atoms with van der Waals surface area (Å²) in [7, 11) is -1.66. The zero-order valence-electron chi connectivity index (χ0n) is 15.6. The van der Waals surface area contributed by atoms with Gasteiger partial charge in [-0.25, -0.2) is 13.4 Å². The summed E-state index contributed by atoms with van der Waals surface area (Å²) in [5.41, 5.74) is 2.24. The Hall–Kier alpha value is -2.73. The van der Waals surface area contributed by atoms with Crippen molar-refractivity contribution in [2.24, 2.45) is 7.05 Å². The van der Waals surface area contributed by atoms with Crippen molar-refractivity contribution in [3.63, 3.8) is 0 Å². The lowest BCUT2D eigenvalue weighted by Crippen LogP contribution is -2.48. The summed E-state index contributed by atoms with van der Waals surface area (Å²) in [4.78, 5) is 6.99. The minimum Gasteiger partial charge on any atom is -0.330 e. The van der Waals surface area contributed by atoms with Gasteiger partial charge in [-0.1, -0.05) is 24.3 Å². The number of para-hydroxylation sites is 2. The van der Waals surface area contributed by atoms with Crippen molar-refractivity contribution in [1.29, 1.82) is 5.26 Å². The second-order valence-electron chi connectivity index (χ2n) is 6.86. The molecule has 3 aromatic rings. The summed E-state index contributed by atoms with van der Waals surface area (Å²) >= 11 is 0. The minimum absolute atomic E-state index is 0.0845. The van der Waals surface area contributed by atoms with Crippen LogP contribution in [0.15, 0.2) is 53.4 Å². The molecule has 0 radical (unpaired) electrons. The molecule has 2 heterocycles. The second-order valence-corrected chi connectivity index (χ2v) is 8.77. The summed E-state index contributed by atoms with van der Waals surface area (Å²) in [6, 6.07) is 16.3. The van der Waals surface area contributed by atoms with Crippen LogP contribution in [0.3, 0.4) is 0 Å². The number of nitrogens with zero attached hydrogens (tertiary/aromatic N) is 5. The van der Waals surface area contributed by atoms with Crippen molar-refractivity contribution < 1.29 is 8.42 Å². The lowest BCUT2D eigenvalue weighted by atomic mass is 10.2. The van der Waals surface area contributed by atoms with Crippen LogP contribution in [0.4, 0.5) is 0 Å². The van der Waals surface area contributed by atoms with E-state index in [1.54, 1.807) is 12.1 Å². The van der Waals surface area contributed by atoms with E-state index in [1.165, 1.54) is 16.4 Å². The number of fused-ring (bicyclic) bond motifs is 1. The van der Waals surface area contributed by atoms with E-state index in [0.717, 1.165) is 16.9 Å². The van der Waals surface area contributed by atoms with Crippen molar-refractivity contribution in [2.75, 3.05) is 26.2 Å². The quantitative estimate of drug-likeness (QED) is 0.674. The fraction of sp³-hybridized carbons (Fsp3) is 0.300. The third-order valence-corrected chi connectivity index (χ3v) is 7.16. The molecule has 2 aromatic carbocycles. The molecule has 0 bridgehead atoms. The Labute approximate surface area is 164 Å². The van der Waals surface area contributed by atoms with Gasteiger partial charge in [-0.2, -0.15) is 9.57 Å². The van der Waals surface area contributed by atoms with E-state index in [4.69, 9.17) is 4.98 Å². The third-order valence-electron chi connectivity index (χ3n) is 5.20. The molecular formula is C20H21N5O2S. The Morgan fingerprint density at radius 2 is 1.71 bits per heavy atom. The molecule has 0 spiro atoms. The highest BCUT2D eigenvalue weighted by Crippen LogP contribution is 2.22. The van der Waals surface area contributed by atoms with Crippen molar-refractivity contribution in [1.82, 2.24) is 18.8 Å². The van der Waals surface area contributed by atoms with E-state index in [2.05, 4.69) is 9.47 Å². The van der Waals surface area contributed by atoms with Crippen LogP contribution in [0.5, 0.6) is 0 Å². The largest absolute Gasteiger partial charge is 0.330 e. The maximum atomic E-state index is 12.9. The number of sulfonamides is 1. The van der Waals surface area contributed by atoms with Gasteiger partial charge in [0, 0.05) is 33.2 Å². The van der Waals surface area contributed by atoms with Gasteiger partial charge in [-0.15, -0.1) is 0 Å². The van der Waals surface area contributed by atoms with Crippen LogP contribution in [0.25, 0.3) is 11.0 Å². The number of benzene rings is 2. The van der Waals surface area contributed by atoms with Gasteiger partial charge in [-0.3, -0.25) is 4.90 Å². The molecule has 8 heteroatoms. The van der Waals surface area contributed by atoms with Gasteiger partial charge in [0.1, 0.15) is 11.9 Å². The van der Waals surface area contributed by atoms with Crippen LogP contribution >= 0.6 is 0 Å². The average Bonchev–Trinajstić information content (AvgIpc) is 3.04. The van der Waals surface area contributed by atoms with Crippen molar-refractivity contribution >= 4 is 21.1 Å². The Morgan fingerprint density at radius 3 is 2.43 bits per heavy atom. The molecule has 1 fully saturated rings. The first-order valence-electron chi connectivity index (χ1n) is 9.12. The molecule has 0 atom stereocenters. The van der Waals surface area contributed by atoms with Gasteiger partial charge in [0.2, 0.25) is 10.0 Å². The third kappa shape index (κ3) is 3.29. The molecule has 1 saturated heterocycles. The zero-order chi connectivity index (χ0) is 19.7. The van der Waals surface area contributed by atoms with Gasteiger partial charge in [0.15, 0.2) is 0 Å². The second kappa shape index (κ2) is 7.36. The fourth-order valence-corrected chi connectivity index (χ4v) is 5.15. The number of rotatable bonds is 4. The zero-order valence-corrected chi connectivity index (χ0v) is 16.4. The lowest BCUT2D eigenvalue weighted by molar-refractivity contribution is 0.177. The molecule has 0 amide bonds. The van der Waals surface area contributed by atoms with E-state index in [9.17, 15) is 13.7 Å². The molecule has 7 nitrogen and oxygen atoms in total. The Balaban J connectivity index is 1.47. The maximum absolute atomic E-state index is 12.9. The molecule has 0 saturated carbocycles. The molecule has 4 rings (SSSR count). The van der Waals surface area contributed by atoms with Crippen LogP contribution < -0.4 is 0 Å². The highest BCUT2D eigenvalue weighted by atomic mass is 32.2. The van der Waals surface area contributed by atoms with Gasteiger partial charge in [0.25, 0.3) is 0 Å². The predicted octanol–water partition coefficient (Wildman–Crippen LogP) is 1.95. The van der Waals surface area contributed by atoms with Crippen molar-refractivity contribution in [2.45, 2.75) is 11.4 Å². The van der Waals surface area contributed by atoms with Crippen molar-refractivity contribution in [3.05, 3.63) is 59.9 Å². The van der Waals surface area contributed by atoms with Gasteiger partial charge in [-0.05, 0) is 24.3 Å². The van der Waals surface area contributed by atoms with Crippen LogP contribution in [0, 0.1) is 11.3 Å². The van der Waals surface area contributed by atoms with E-state index >= 15 is 0 Å². The van der Waals surface area contributed by atoms with Gasteiger partial charge in [0.05, 0.1) is 28.0 Å². The molecule has 1 aliphatic heterocycles. The number of imidazole rings is 1. The first kappa shape index (κ1) is 18.6. The minimum atomic E-state index is -3.67. The van der Waals surface area contributed by atoms with E-state index in [1.807, 2.05) is 37.4 Å². The summed E-state index contributed by atoms with van der Waals surface area (Å²) < 4.78 is 29.4. The topological polar surface area (TPSA) is 82.2 Å². The Morgan fingerprint density at radius 1 is 1.04 bits per heavy atom. The Kier molecular flexibility index (Phi) is 4.89. The SMILES string of the molecule is Cn1c(CN2CCN(S(=O)(=O)c3ccccc3C#N)CC2)nc2ccccc21. The molecule has 144 valence electrons. The van der Waals surface area contributed by atoms with E-state index in [0.29, 0.717) is 32.7 Å². The van der Waals surface area contributed by atoms with E-state index < -0.39 is 10.0 Å². The summed E-state index contributed by atoms with van der Waals surface area (Å²) in [6.45, 7) is 2.71. The molecule has 1 aromatic heterocycles. The molecule has 0 N–H and O–H groups in total. The van der Waals surface area contributed by atoms with Crippen LogP contribution in [-0.2, 0) is 23.6 Å².